The molecule has 0 spiro atoms. The summed E-state index contributed by atoms with van der Waals surface area (Å²) < 4.78 is -0.187. The average molecular weight is 142 g/mol. The second-order valence-corrected chi connectivity index (χ2v) is 2.61. The van der Waals surface area contributed by atoms with Gasteiger partial charge in [0.05, 0.1) is 12.7 Å². The van der Waals surface area contributed by atoms with Crippen molar-refractivity contribution in [3.05, 3.63) is 17.6 Å². The molecule has 1 rings (SSSR count). The van der Waals surface area contributed by atoms with E-state index in [-0.39, 0.29) is 4.65 Å². The minimum absolute atomic E-state index is 0.187. The van der Waals surface area contributed by atoms with Crippen molar-refractivity contribution in [2.45, 2.75) is 13.8 Å². The van der Waals surface area contributed by atoms with Crippen molar-refractivity contribution in [2.75, 3.05) is 19.8 Å². The molecular formula is C7H14N2O. The van der Waals surface area contributed by atoms with Crippen molar-refractivity contribution in [1.29, 1.82) is 0 Å². The van der Waals surface area contributed by atoms with Crippen LogP contribution in [0.5, 0.6) is 0 Å². The predicted octanol–water partition coefficient (Wildman–Crippen LogP) is 1.09. The van der Waals surface area contributed by atoms with E-state index in [9.17, 15) is 5.21 Å². The number of hydrogen-bond acceptors (Lipinski definition) is 2. The van der Waals surface area contributed by atoms with Crippen LogP contribution in [0.25, 0.3) is 0 Å². The second kappa shape index (κ2) is 2.60. The van der Waals surface area contributed by atoms with Crippen LogP contribution in [0.4, 0.5) is 0 Å². The third kappa shape index (κ3) is 1.30. The van der Waals surface area contributed by atoms with Crippen molar-refractivity contribution < 1.29 is 4.65 Å². The van der Waals surface area contributed by atoms with Crippen molar-refractivity contribution in [2.24, 2.45) is 0 Å². The highest BCUT2D eigenvalue weighted by molar-refractivity contribution is 4.81. The Kier molecular flexibility index (Phi) is 1.97. The van der Waals surface area contributed by atoms with Crippen LogP contribution < -0.4 is 0 Å². The Balaban J connectivity index is 2.51. The fourth-order valence-corrected chi connectivity index (χ4v) is 1.03. The molecule has 0 fully saturated rings. The van der Waals surface area contributed by atoms with Crippen molar-refractivity contribution in [3.63, 3.8) is 0 Å². The molecule has 1 unspecified atom stereocenters. The van der Waals surface area contributed by atoms with Crippen molar-refractivity contribution in [3.8, 4) is 0 Å². The first-order chi connectivity index (χ1) is 4.70. The van der Waals surface area contributed by atoms with Gasteiger partial charge in [0, 0.05) is 6.54 Å². The van der Waals surface area contributed by atoms with Gasteiger partial charge in [-0.2, -0.15) is 0 Å². The minimum Gasteiger partial charge on any atom is -0.626 e. The topological polar surface area (TPSA) is 26.3 Å². The molecule has 1 aliphatic heterocycles. The maximum absolute atomic E-state index is 11.4. The van der Waals surface area contributed by atoms with Crippen molar-refractivity contribution >= 4 is 0 Å². The predicted molar refractivity (Wildman–Crippen MR) is 40.6 cm³/mol. The minimum atomic E-state index is -0.187. The normalized spacial score (nSPS) is 31.7. The number of hydroxylamine groups is 3. The molecule has 1 atom stereocenters. The van der Waals surface area contributed by atoms with Crippen LogP contribution in [0.1, 0.15) is 13.8 Å². The first kappa shape index (κ1) is 7.57. The standard InChI is InChI=1S/C7H14N2O/c1-3-8-5-6-9(10,4-2)7-8/h5-6H,3-4,7H2,1-2H3. The van der Waals surface area contributed by atoms with Gasteiger partial charge in [-0.3, -0.25) is 0 Å². The van der Waals surface area contributed by atoms with Gasteiger partial charge >= 0.3 is 0 Å². The van der Waals surface area contributed by atoms with Gasteiger partial charge in [0.25, 0.3) is 0 Å². The van der Waals surface area contributed by atoms with E-state index in [1.54, 1.807) is 6.20 Å². The molecule has 0 aromatic carbocycles. The summed E-state index contributed by atoms with van der Waals surface area (Å²) in [6.07, 6.45) is 3.60. The number of hydrogen-bond donors (Lipinski definition) is 0. The Morgan fingerprint density at radius 1 is 1.60 bits per heavy atom. The lowest BCUT2D eigenvalue weighted by atomic mass is 10.6. The Morgan fingerprint density at radius 3 is 2.60 bits per heavy atom. The number of nitrogens with zero attached hydrogens (tertiary/aromatic N) is 2. The fraction of sp³-hybridized carbons (Fsp3) is 0.714. The van der Waals surface area contributed by atoms with Crippen LogP contribution in [0.3, 0.4) is 0 Å². The van der Waals surface area contributed by atoms with E-state index in [2.05, 4.69) is 6.92 Å². The summed E-state index contributed by atoms with van der Waals surface area (Å²) in [5.74, 6) is 0. The maximum Gasteiger partial charge on any atom is 0.158 e. The first-order valence-corrected chi connectivity index (χ1v) is 3.71. The van der Waals surface area contributed by atoms with Crippen LogP contribution in [0.2, 0.25) is 0 Å². The molecule has 3 heteroatoms. The van der Waals surface area contributed by atoms with Gasteiger partial charge in [-0.05, 0) is 13.8 Å². The van der Waals surface area contributed by atoms with E-state index >= 15 is 0 Å². The largest absolute Gasteiger partial charge is 0.626 e. The highest BCUT2D eigenvalue weighted by atomic mass is 16.5. The summed E-state index contributed by atoms with van der Waals surface area (Å²) in [7, 11) is 0. The lowest BCUT2D eigenvalue weighted by Crippen LogP contribution is -2.38. The highest BCUT2D eigenvalue weighted by Crippen LogP contribution is 2.14. The van der Waals surface area contributed by atoms with Crippen LogP contribution in [-0.4, -0.2) is 29.3 Å². The molecule has 58 valence electrons. The lowest BCUT2D eigenvalue weighted by molar-refractivity contribution is -0.829. The van der Waals surface area contributed by atoms with Crippen LogP contribution in [0.15, 0.2) is 12.4 Å². The highest BCUT2D eigenvalue weighted by Gasteiger charge is 2.19. The Hall–Kier alpha value is -0.540. The average Bonchev–Trinajstić information content (AvgIpc) is 2.33. The van der Waals surface area contributed by atoms with E-state index in [4.69, 9.17) is 0 Å². The molecular weight excluding hydrogens is 128 g/mol. The second-order valence-electron chi connectivity index (χ2n) is 2.61. The molecule has 0 aromatic heterocycles. The monoisotopic (exact) mass is 142 g/mol. The molecule has 0 radical (unpaired) electrons. The summed E-state index contributed by atoms with van der Waals surface area (Å²) in [5.41, 5.74) is 0. The van der Waals surface area contributed by atoms with E-state index in [0.29, 0.717) is 13.2 Å². The zero-order valence-corrected chi connectivity index (χ0v) is 6.58. The molecule has 1 heterocycles. The van der Waals surface area contributed by atoms with Gasteiger partial charge < -0.3 is 14.8 Å². The Bertz CT molecular complexity index is 147. The molecule has 0 aromatic rings. The molecule has 0 N–H and O–H groups in total. The number of rotatable bonds is 2. The van der Waals surface area contributed by atoms with Crippen molar-refractivity contribution in [1.82, 2.24) is 4.90 Å². The Labute approximate surface area is 61.7 Å². The van der Waals surface area contributed by atoms with Gasteiger partial charge in [-0.15, -0.1) is 0 Å². The van der Waals surface area contributed by atoms with E-state index < -0.39 is 0 Å². The lowest BCUT2D eigenvalue weighted by Gasteiger charge is -2.35. The van der Waals surface area contributed by atoms with Crippen LogP contribution in [0, 0.1) is 5.21 Å². The van der Waals surface area contributed by atoms with Gasteiger partial charge in [-0.25, -0.2) is 0 Å². The zero-order chi connectivity index (χ0) is 7.61. The van der Waals surface area contributed by atoms with Gasteiger partial charge in [0.2, 0.25) is 0 Å². The summed E-state index contributed by atoms with van der Waals surface area (Å²) in [6, 6.07) is 0. The molecule has 10 heavy (non-hydrogen) atoms. The zero-order valence-electron chi connectivity index (χ0n) is 6.58. The molecule has 1 aliphatic rings. The molecule has 0 saturated heterocycles. The SMILES string of the molecule is CCN1C=C[N+]([O-])(CC)C1. The molecule has 0 aliphatic carbocycles. The summed E-state index contributed by atoms with van der Waals surface area (Å²) in [5, 5.41) is 11.4. The third-order valence-corrected chi connectivity index (χ3v) is 1.91. The first-order valence-electron chi connectivity index (χ1n) is 3.71. The van der Waals surface area contributed by atoms with Gasteiger partial charge in [-0.1, -0.05) is 0 Å². The summed E-state index contributed by atoms with van der Waals surface area (Å²) in [4.78, 5) is 2.02. The summed E-state index contributed by atoms with van der Waals surface area (Å²) >= 11 is 0. The molecule has 0 bridgehead atoms. The molecule has 0 amide bonds. The quantitative estimate of drug-likeness (QED) is 0.426. The molecule has 0 saturated carbocycles. The molecule has 3 nitrogen and oxygen atoms in total. The maximum atomic E-state index is 11.4. The van der Waals surface area contributed by atoms with Crippen LogP contribution >= 0.6 is 0 Å². The number of quaternary nitrogens is 1. The van der Waals surface area contributed by atoms with Gasteiger partial charge in [0.15, 0.2) is 6.67 Å². The van der Waals surface area contributed by atoms with Crippen LogP contribution in [-0.2, 0) is 0 Å². The van der Waals surface area contributed by atoms with Gasteiger partial charge in [0.1, 0.15) is 6.20 Å². The fourth-order valence-electron chi connectivity index (χ4n) is 1.03. The summed E-state index contributed by atoms with van der Waals surface area (Å²) in [6.45, 7) is 6.12. The Morgan fingerprint density at radius 2 is 2.30 bits per heavy atom. The van der Waals surface area contributed by atoms with E-state index in [1.807, 2.05) is 18.0 Å². The van der Waals surface area contributed by atoms with E-state index in [0.717, 1.165) is 6.54 Å². The third-order valence-electron chi connectivity index (χ3n) is 1.91. The smallest absolute Gasteiger partial charge is 0.158 e. The van der Waals surface area contributed by atoms with E-state index in [1.165, 1.54) is 0 Å².